The molecule has 1 amide bonds. The second-order valence-corrected chi connectivity index (χ2v) is 7.92. The van der Waals surface area contributed by atoms with E-state index in [-0.39, 0.29) is 22.3 Å². The minimum Gasteiger partial charge on any atom is -0.452 e. The number of hydrogen-bond donors (Lipinski definition) is 1. The maximum atomic E-state index is 12.2. The number of hydrogen-bond acceptors (Lipinski definition) is 5. The van der Waals surface area contributed by atoms with Crippen LogP contribution >= 0.6 is 0 Å². The summed E-state index contributed by atoms with van der Waals surface area (Å²) in [5, 5.41) is 2.72. The third-order valence-electron chi connectivity index (χ3n) is 3.83. The van der Waals surface area contributed by atoms with E-state index in [0.29, 0.717) is 0 Å². The Balaban J connectivity index is 2.00. The van der Waals surface area contributed by atoms with Crippen LogP contribution in [0.2, 0.25) is 0 Å². The van der Waals surface area contributed by atoms with Crippen molar-refractivity contribution in [3.63, 3.8) is 0 Å². The second kappa shape index (κ2) is 8.62. The summed E-state index contributed by atoms with van der Waals surface area (Å²) < 4.78 is 29.2. The van der Waals surface area contributed by atoms with Crippen molar-refractivity contribution >= 4 is 21.7 Å². The Hall–Kier alpha value is -2.67. The van der Waals surface area contributed by atoms with Gasteiger partial charge in [-0.2, -0.15) is 0 Å². The van der Waals surface area contributed by atoms with Crippen LogP contribution in [0.5, 0.6) is 0 Å². The topological polar surface area (TPSA) is 89.5 Å². The van der Waals surface area contributed by atoms with E-state index in [1.165, 1.54) is 25.1 Å². The van der Waals surface area contributed by atoms with Crippen molar-refractivity contribution in [1.29, 1.82) is 0 Å². The van der Waals surface area contributed by atoms with Crippen molar-refractivity contribution in [2.75, 3.05) is 12.4 Å². The van der Waals surface area contributed by atoms with E-state index < -0.39 is 28.3 Å². The van der Waals surface area contributed by atoms with E-state index in [4.69, 9.17) is 4.74 Å². The lowest BCUT2D eigenvalue weighted by Crippen LogP contribution is -2.31. The van der Waals surface area contributed by atoms with E-state index in [1.54, 1.807) is 6.07 Å². The molecule has 0 aliphatic rings. The Morgan fingerprint density at radius 1 is 1.04 bits per heavy atom. The van der Waals surface area contributed by atoms with Crippen LogP contribution in [0.3, 0.4) is 0 Å². The quantitative estimate of drug-likeness (QED) is 0.751. The molecule has 0 aromatic heterocycles. The third-order valence-corrected chi connectivity index (χ3v) is 5.62. The smallest absolute Gasteiger partial charge is 0.339 e. The van der Waals surface area contributed by atoms with Gasteiger partial charge in [0.25, 0.3) is 5.91 Å². The SMILES string of the molecule is CCS(=O)(=O)c1ccccc1C(=O)OCC(=O)N[C@@H](C)c1ccccc1. The molecular formula is C19H21NO5S. The number of rotatable bonds is 7. The summed E-state index contributed by atoms with van der Waals surface area (Å²) in [4.78, 5) is 24.1. The number of esters is 1. The molecule has 1 atom stereocenters. The summed E-state index contributed by atoms with van der Waals surface area (Å²) in [5.41, 5.74) is 0.852. The number of nitrogens with one attached hydrogen (secondary N) is 1. The first-order valence-corrected chi connectivity index (χ1v) is 9.83. The van der Waals surface area contributed by atoms with Gasteiger partial charge in [-0.1, -0.05) is 49.4 Å². The number of sulfone groups is 1. The van der Waals surface area contributed by atoms with Crippen LogP contribution in [0.4, 0.5) is 0 Å². The molecule has 0 heterocycles. The monoisotopic (exact) mass is 375 g/mol. The minimum atomic E-state index is -3.57. The fourth-order valence-electron chi connectivity index (χ4n) is 2.38. The highest BCUT2D eigenvalue weighted by atomic mass is 32.2. The normalized spacial score (nSPS) is 12.2. The molecule has 2 aromatic carbocycles. The van der Waals surface area contributed by atoms with Crippen LogP contribution in [0.1, 0.15) is 35.8 Å². The standard InChI is InChI=1S/C19H21NO5S/c1-3-26(23,24)17-12-8-7-11-16(17)19(22)25-13-18(21)20-14(2)15-9-5-4-6-10-15/h4-12,14H,3,13H2,1-2H3,(H,20,21)/t14-/m0/s1. The first-order chi connectivity index (χ1) is 12.3. The summed E-state index contributed by atoms with van der Waals surface area (Å²) in [6.45, 7) is 2.82. The van der Waals surface area contributed by atoms with Gasteiger partial charge >= 0.3 is 5.97 Å². The van der Waals surface area contributed by atoms with E-state index in [0.717, 1.165) is 5.56 Å². The Morgan fingerprint density at radius 2 is 1.65 bits per heavy atom. The van der Waals surface area contributed by atoms with Gasteiger partial charge in [0.05, 0.1) is 22.3 Å². The predicted octanol–water partition coefficient (Wildman–Crippen LogP) is 2.51. The van der Waals surface area contributed by atoms with E-state index >= 15 is 0 Å². The number of benzene rings is 2. The highest BCUT2D eigenvalue weighted by Crippen LogP contribution is 2.18. The Labute approximate surface area is 153 Å². The molecule has 6 nitrogen and oxygen atoms in total. The Morgan fingerprint density at radius 3 is 2.31 bits per heavy atom. The fraction of sp³-hybridized carbons (Fsp3) is 0.263. The van der Waals surface area contributed by atoms with Gasteiger partial charge in [-0.3, -0.25) is 4.79 Å². The first kappa shape index (κ1) is 19.7. The van der Waals surface area contributed by atoms with E-state index in [1.807, 2.05) is 37.3 Å². The van der Waals surface area contributed by atoms with Crippen molar-refractivity contribution in [2.24, 2.45) is 0 Å². The molecule has 0 spiro atoms. The molecule has 0 radical (unpaired) electrons. The van der Waals surface area contributed by atoms with Crippen LogP contribution in [0, 0.1) is 0 Å². The number of carbonyl (C=O) groups is 2. The summed E-state index contributed by atoms with van der Waals surface area (Å²) in [6, 6.07) is 14.9. The van der Waals surface area contributed by atoms with Crippen LogP contribution in [-0.4, -0.2) is 32.7 Å². The molecular weight excluding hydrogens is 354 g/mol. The summed E-state index contributed by atoms with van der Waals surface area (Å²) in [7, 11) is -3.57. The Bertz CT molecular complexity index is 878. The summed E-state index contributed by atoms with van der Waals surface area (Å²) >= 11 is 0. The van der Waals surface area contributed by atoms with Crippen LogP contribution in [0.15, 0.2) is 59.5 Å². The number of amides is 1. The molecule has 26 heavy (non-hydrogen) atoms. The van der Waals surface area contributed by atoms with Crippen molar-refractivity contribution in [1.82, 2.24) is 5.32 Å². The molecule has 2 rings (SSSR count). The number of carbonyl (C=O) groups excluding carboxylic acids is 2. The van der Waals surface area contributed by atoms with Crippen LogP contribution in [0.25, 0.3) is 0 Å². The van der Waals surface area contributed by atoms with E-state index in [9.17, 15) is 18.0 Å². The maximum Gasteiger partial charge on any atom is 0.339 e. The van der Waals surface area contributed by atoms with Gasteiger partial charge in [-0.05, 0) is 24.6 Å². The molecule has 7 heteroatoms. The molecule has 0 fully saturated rings. The van der Waals surface area contributed by atoms with Gasteiger partial charge in [-0.25, -0.2) is 13.2 Å². The van der Waals surface area contributed by atoms with Crippen molar-refractivity contribution in [3.8, 4) is 0 Å². The van der Waals surface area contributed by atoms with Gasteiger partial charge in [0.1, 0.15) is 0 Å². The zero-order valence-corrected chi connectivity index (χ0v) is 15.5. The lowest BCUT2D eigenvalue weighted by atomic mass is 10.1. The van der Waals surface area contributed by atoms with Gasteiger partial charge in [0.15, 0.2) is 16.4 Å². The second-order valence-electron chi connectivity index (χ2n) is 5.68. The van der Waals surface area contributed by atoms with Gasteiger partial charge in [0.2, 0.25) is 0 Å². The maximum absolute atomic E-state index is 12.2. The highest BCUT2D eigenvalue weighted by Gasteiger charge is 2.22. The summed E-state index contributed by atoms with van der Waals surface area (Å²) in [5.74, 6) is -1.45. The minimum absolute atomic E-state index is 0.0711. The number of ether oxygens (including phenoxy) is 1. The average Bonchev–Trinajstić information content (AvgIpc) is 2.66. The largest absolute Gasteiger partial charge is 0.452 e. The molecule has 0 bridgehead atoms. The average molecular weight is 375 g/mol. The van der Waals surface area contributed by atoms with E-state index in [2.05, 4.69) is 5.32 Å². The summed E-state index contributed by atoms with van der Waals surface area (Å²) in [6.07, 6.45) is 0. The molecule has 1 N–H and O–H groups in total. The van der Waals surface area contributed by atoms with Crippen LogP contribution < -0.4 is 5.32 Å². The zero-order valence-electron chi connectivity index (χ0n) is 14.6. The van der Waals surface area contributed by atoms with Crippen molar-refractivity contribution in [3.05, 3.63) is 65.7 Å². The first-order valence-electron chi connectivity index (χ1n) is 8.18. The molecule has 0 aliphatic carbocycles. The van der Waals surface area contributed by atoms with Gasteiger partial charge < -0.3 is 10.1 Å². The highest BCUT2D eigenvalue weighted by molar-refractivity contribution is 7.91. The predicted molar refractivity (Wildman–Crippen MR) is 97.5 cm³/mol. The molecule has 138 valence electrons. The third kappa shape index (κ3) is 4.92. The van der Waals surface area contributed by atoms with Gasteiger partial charge in [0, 0.05) is 0 Å². The Kier molecular flexibility index (Phi) is 6.52. The molecule has 2 aromatic rings. The van der Waals surface area contributed by atoms with Crippen molar-refractivity contribution in [2.45, 2.75) is 24.8 Å². The molecule has 0 unspecified atom stereocenters. The lowest BCUT2D eigenvalue weighted by Gasteiger charge is -2.14. The fourth-order valence-corrected chi connectivity index (χ4v) is 3.46. The molecule has 0 aliphatic heterocycles. The van der Waals surface area contributed by atoms with Crippen LogP contribution in [-0.2, 0) is 19.4 Å². The molecule has 0 saturated heterocycles. The van der Waals surface area contributed by atoms with Gasteiger partial charge in [-0.15, -0.1) is 0 Å². The molecule has 0 saturated carbocycles. The lowest BCUT2D eigenvalue weighted by molar-refractivity contribution is -0.124. The van der Waals surface area contributed by atoms with Crippen molar-refractivity contribution < 1.29 is 22.7 Å². The zero-order chi connectivity index (χ0) is 19.2.